The third-order valence-corrected chi connectivity index (χ3v) is 1.83. The van der Waals surface area contributed by atoms with Gasteiger partial charge in [0.2, 0.25) is 0 Å². The minimum atomic E-state index is 0.0658. The van der Waals surface area contributed by atoms with Crippen molar-refractivity contribution in [1.82, 2.24) is 0 Å². The summed E-state index contributed by atoms with van der Waals surface area (Å²) in [6.45, 7) is 6.20. The first-order valence-corrected chi connectivity index (χ1v) is 4.40. The SMILES string of the molecule is CC(C)(C)Cc1c(O)cccc1O. The van der Waals surface area contributed by atoms with Crippen molar-refractivity contribution < 1.29 is 10.2 Å². The molecule has 0 saturated carbocycles. The lowest BCUT2D eigenvalue weighted by Gasteiger charge is -2.19. The lowest BCUT2D eigenvalue weighted by molar-refractivity contribution is 0.377. The van der Waals surface area contributed by atoms with E-state index in [9.17, 15) is 10.2 Å². The average Bonchev–Trinajstić information content (AvgIpc) is 1.95. The first-order valence-electron chi connectivity index (χ1n) is 4.40. The summed E-state index contributed by atoms with van der Waals surface area (Å²) in [6, 6.07) is 4.83. The first kappa shape index (κ1) is 9.90. The van der Waals surface area contributed by atoms with E-state index >= 15 is 0 Å². The summed E-state index contributed by atoms with van der Waals surface area (Å²) in [4.78, 5) is 0. The van der Waals surface area contributed by atoms with E-state index in [0.29, 0.717) is 12.0 Å². The highest BCUT2D eigenvalue weighted by Gasteiger charge is 2.16. The van der Waals surface area contributed by atoms with Gasteiger partial charge >= 0.3 is 0 Å². The second-order valence-corrected chi connectivity index (χ2v) is 4.51. The molecule has 0 bridgehead atoms. The first-order chi connectivity index (χ1) is 5.90. The molecule has 13 heavy (non-hydrogen) atoms. The van der Waals surface area contributed by atoms with Gasteiger partial charge in [-0.3, -0.25) is 0 Å². The Labute approximate surface area is 78.8 Å². The summed E-state index contributed by atoms with van der Waals surface area (Å²) in [6.07, 6.45) is 0.672. The second kappa shape index (κ2) is 3.29. The summed E-state index contributed by atoms with van der Waals surface area (Å²) >= 11 is 0. The van der Waals surface area contributed by atoms with Gasteiger partial charge in [0, 0.05) is 5.56 Å². The molecule has 0 radical (unpaired) electrons. The molecule has 0 heterocycles. The summed E-state index contributed by atoms with van der Waals surface area (Å²) in [5.41, 5.74) is 0.700. The number of aromatic hydroxyl groups is 2. The van der Waals surface area contributed by atoms with Gasteiger partial charge in [0.15, 0.2) is 0 Å². The Morgan fingerprint density at radius 2 is 1.54 bits per heavy atom. The fourth-order valence-electron chi connectivity index (χ4n) is 1.27. The Bertz CT molecular complexity index is 277. The minimum absolute atomic E-state index is 0.0658. The quantitative estimate of drug-likeness (QED) is 0.697. The molecule has 2 heteroatoms. The van der Waals surface area contributed by atoms with E-state index in [0.717, 1.165) is 0 Å². The van der Waals surface area contributed by atoms with Gasteiger partial charge in [-0.2, -0.15) is 0 Å². The fourth-order valence-corrected chi connectivity index (χ4v) is 1.27. The Kier molecular flexibility index (Phi) is 2.50. The van der Waals surface area contributed by atoms with Crippen LogP contribution in [0.3, 0.4) is 0 Å². The van der Waals surface area contributed by atoms with Crippen LogP contribution in [0.25, 0.3) is 0 Å². The van der Waals surface area contributed by atoms with Crippen LogP contribution in [0.1, 0.15) is 26.3 Å². The zero-order valence-corrected chi connectivity index (χ0v) is 8.33. The molecule has 0 fully saturated rings. The predicted molar refractivity (Wildman–Crippen MR) is 52.9 cm³/mol. The number of rotatable bonds is 1. The highest BCUT2D eigenvalue weighted by atomic mass is 16.3. The van der Waals surface area contributed by atoms with E-state index in [2.05, 4.69) is 20.8 Å². The van der Waals surface area contributed by atoms with Crippen LogP contribution in [0.5, 0.6) is 11.5 Å². The highest BCUT2D eigenvalue weighted by Crippen LogP contribution is 2.32. The monoisotopic (exact) mass is 180 g/mol. The molecule has 0 amide bonds. The summed E-state index contributed by atoms with van der Waals surface area (Å²) in [7, 11) is 0. The number of hydrogen-bond acceptors (Lipinski definition) is 2. The molecular formula is C11H16O2. The van der Waals surface area contributed by atoms with Gasteiger partial charge < -0.3 is 10.2 Å². The van der Waals surface area contributed by atoms with Crippen molar-refractivity contribution in [3.63, 3.8) is 0 Å². The molecule has 1 aromatic carbocycles. The topological polar surface area (TPSA) is 40.5 Å². The molecule has 0 aromatic heterocycles. The number of benzene rings is 1. The maximum absolute atomic E-state index is 9.49. The molecule has 0 atom stereocenters. The molecule has 1 rings (SSSR count). The van der Waals surface area contributed by atoms with Crippen LogP contribution < -0.4 is 0 Å². The molecule has 2 N–H and O–H groups in total. The molecule has 0 unspecified atom stereocenters. The van der Waals surface area contributed by atoms with Crippen molar-refractivity contribution in [1.29, 1.82) is 0 Å². The maximum atomic E-state index is 9.49. The Hall–Kier alpha value is -1.18. The smallest absolute Gasteiger partial charge is 0.122 e. The minimum Gasteiger partial charge on any atom is -0.508 e. The van der Waals surface area contributed by atoms with Crippen LogP contribution in [0.4, 0.5) is 0 Å². The Balaban J connectivity index is 3.00. The van der Waals surface area contributed by atoms with E-state index < -0.39 is 0 Å². The zero-order valence-electron chi connectivity index (χ0n) is 8.33. The standard InChI is InChI=1S/C11H16O2/c1-11(2,3)7-8-9(12)5-4-6-10(8)13/h4-6,12-13H,7H2,1-3H3. The van der Waals surface area contributed by atoms with Crippen LogP contribution in [-0.2, 0) is 6.42 Å². The molecule has 72 valence electrons. The third-order valence-electron chi connectivity index (χ3n) is 1.83. The van der Waals surface area contributed by atoms with Crippen LogP contribution in [0.2, 0.25) is 0 Å². The average molecular weight is 180 g/mol. The summed E-state index contributed by atoms with van der Waals surface area (Å²) < 4.78 is 0. The molecule has 0 spiro atoms. The maximum Gasteiger partial charge on any atom is 0.122 e. The van der Waals surface area contributed by atoms with Crippen molar-refractivity contribution in [3.05, 3.63) is 23.8 Å². The largest absolute Gasteiger partial charge is 0.508 e. The van der Waals surface area contributed by atoms with Gasteiger partial charge in [-0.25, -0.2) is 0 Å². The van der Waals surface area contributed by atoms with Crippen LogP contribution >= 0.6 is 0 Å². The van der Waals surface area contributed by atoms with Gasteiger partial charge in [-0.1, -0.05) is 26.8 Å². The number of phenols is 2. The van der Waals surface area contributed by atoms with Crippen molar-refractivity contribution in [2.45, 2.75) is 27.2 Å². The molecular weight excluding hydrogens is 164 g/mol. The molecule has 1 aromatic rings. The van der Waals surface area contributed by atoms with Crippen molar-refractivity contribution in [3.8, 4) is 11.5 Å². The van der Waals surface area contributed by atoms with Gasteiger partial charge in [0.1, 0.15) is 11.5 Å². The van der Waals surface area contributed by atoms with Crippen molar-refractivity contribution >= 4 is 0 Å². The summed E-state index contributed by atoms with van der Waals surface area (Å²) in [5, 5.41) is 19.0. The highest BCUT2D eigenvalue weighted by molar-refractivity contribution is 5.43. The predicted octanol–water partition coefficient (Wildman–Crippen LogP) is 2.69. The van der Waals surface area contributed by atoms with E-state index in [1.807, 2.05) is 0 Å². The fraction of sp³-hybridized carbons (Fsp3) is 0.455. The zero-order chi connectivity index (χ0) is 10.1. The van der Waals surface area contributed by atoms with Crippen LogP contribution in [0, 0.1) is 5.41 Å². The molecule has 2 nitrogen and oxygen atoms in total. The Morgan fingerprint density at radius 1 is 1.08 bits per heavy atom. The van der Waals surface area contributed by atoms with E-state index in [4.69, 9.17) is 0 Å². The van der Waals surface area contributed by atoms with Crippen molar-refractivity contribution in [2.24, 2.45) is 5.41 Å². The van der Waals surface area contributed by atoms with Gasteiger partial charge in [0.25, 0.3) is 0 Å². The third kappa shape index (κ3) is 2.65. The lowest BCUT2D eigenvalue weighted by Crippen LogP contribution is -2.09. The normalized spacial score (nSPS) is 11.6. The van der Waals surface area contributed by atoms with E-state index in [1.54, 1.807) is 18.2 Å². The van der Waals surface area contributed by atoms with E-state index in [1.165, 1.54) is 0 Å². The van der Waals surface area contributed by atoms with Crippen LogP contribution in [-0.4, -0.2) is 10.2 Å². The van der Waals surface area contributed by atoms with Crippen molar-refractivity contribution in [2.75, 3.05) is 0 Å². The number of phenolic OH excluding ortho intramolecular Hbond substituents is 2. The number of hydrogen-bond donors (Lipinski definition) is 2. The molecule has 0 aliphatic rings. The van der Waals surface area contributed by atoms with Crippen LogP contribution in [0.15, 0.2) is 18.2 Å². The van der Waals surface area contributed by atoms with Gasteiger partial charge in [0.05, 0.1) is 0 Å². The van der Waals surface area contributed by atoms with E-state index in [-0.39, 0.29) is 16.9 Å². The second-order valence-electron chi connectivity index (χ2n) is 4.51. The Morgan fingerprint density at radius 3 is 1.92 bits per heavy atom. The molecule has 0 aliphatic heterocycles. The molecule has 0 saturated heterocycles. The van der Waals surface area contributed by atoms with Gasteiger partial charge in [-0.15, -0.1) is 0 Å². The lowest BCUT2D eigenvalue weighted by atomic mass is 9.87. The summed E-state index contributed by atoms with van der Waals surface area (Å²) in [5.74, 6) is 0.352. The van der Waals surface area contributed by atoms with Gasteiger partial charge in [-0.05, 0) is 24.0 Å². The molecule has 0 aliphatic carbocycles.